The lowest BCUT2D eigenvalue weighted by Crippen LogP contribution is -2.52. The zero-order chi connectivity index (χ0) is 16.9. The third-order valence-corrected chi connectivity index (χ3v) is 5.75. The van der Waals surface area contributed by atoms with Crippen LogP contribution in [0.1, 0.15) is 16.9 Å². The summed E-state index contributed by atoms with van der Waals surface area (Å²) in [5, 5.41) is 12.0. The van der Waals surface area contributed by atoms with E-state index in [0.29, 0.717) is 17.1 Å². The topological polar surface area (TPSA) is 26.7 Å². The first kappa shape index (κ1) is 17.8. The molecule has 0 radical (unpaired) electrons. The Balaban J connectivity index is 1.66. The van der Waals surface area contributed by atoms with Gasteiger partial charge < -0.3 is 5.11 Å². The van der Waals surface area contributed by atoms with E-state index < -0.39 is 0 Å². The fourth-order valence-corrected chi connectivity index (χ4v) is 4.19. The molecule has 1 atom stereocenters. The zero-order valence-corrected chi connectivity index (χ0v) is 15.1. The minimum absolute atomic E-state index is 0.167. The SMILES string of the molecule is OCC[C@H]1CN(Cc2c(F)cccc2Cl)CCN1Cc1cccs1. The van der Waals surface area contributed by atoms with Gasteiger partial charge in [0, 0.05) is 60.8 Å². The molecule has 0 bridgehead atoms. The molecule has 24 heavy (non-hydrogen) atoms. The average molecular weight is 369 g/mol. The molecule has 1 aromatic heterocycles. The minimum Gasteiger partial charge on any atom is -0.396 e. The summed E-state index contributed by atoms with van der Waals surface area (Å²) >= 11 is 7.91. The average Bonchev–Trinajstić information content (AvgIpc) is 3.07. The number of nitrogens with zero attached hydrogens (tertiary/aromatic N) is 2. The van der Waals surface area contributed by atoms with Gasteiger partial charge in [-0.3, -0.25) is 9.80 Å². The number of benzene rings is 1. The second kappa shape index (κ2) is 8.41. The Morgan fingerprint density at radius 3 is 2.79 bits per heavy atom. The second-order valence-corrected chi connectivity index (χ2v) is 7.59. The maximum absolute atomic E-state index is 14.0. The number of rotatable bonds is 6. The minimum atomic E-state index is -0.248. The molecule has 0 amide bonds. The van der Waals surface area contributed by atoms with Crippen LogP contribution >= 0.6 is 22.9 Å². The van der Waals surface area contributed by atoms with Crippen LogP contribution in [0.3, 0.4) is 0 Å². The lowest BCUT2D eigenvalue weighted by molar-refractivity contribution is 0.0502. The summed E-state index contributed by atoms with van der Waals surface area (Å²) in [6.45, 7) is 4.19. The van der Waals surface area contributed by atoms with E-state index in [4.69, 9.17) is 11.6 Å². The smallest absolute Gasteiger partial charge is 0.129 e. The monoisotopic (exact) mass is 368 g/mol. The summed E-state index contributed by atoms with van der Waals surface area (Å²) in [5.41, 5.74) is 0.564. The van der Waals surface area contributed by atoms with Gasteiger partial charge in [-0.15, -0.1) is 11.3 Å². The van der Waals surface area contributed by atoms with Crippen LogP contribution in [0, 0.1) is 5.82 Å². The molecule has 130 valence electrons. The summed E-state index contributed by atoms with van der Waals surface area (Å²) in [6, 6.07) is 9.31. The van der Waals surface area contributed by atoms with Gasteiger partial charge in [0.25, 0.3) is 0 Å². The molecule has 1 saturated heterocycles. The summed E-state index contributed by atoms with van der Waals surface area (Å²) in [6.07, 6.45) is 0.729. The molecule has 1 aromatic carbocycles. The van der Waals surface area contributed by atoms with Crippen LogP contribution in [-0.4, -0.2) is 47.2 Å². The molecule has 0 spiro atoms. The molecule has 0 unspecified atom stereocenters. The van der Waals surface area contributed by atoms with Gasteiger partial charge in [-0.1, -0.05) is 23.7 Å². The molecule has 1 N–H and O–H groups in total. The highest BCUT2D eigenvalue weighted by Crippen LogP contribution is 2.24. The van der Waals surface area contributed by atoms with Crippen molar-refractivity contribution >= 4 is 22.9 Å². The fraction of sp³-hybridized carbons (Fsp3) is 0.444. The van der Waals surface area contributed by atoms with Crippen molar-refractivity contribution < 1.29 is 9.50 Å². The summed E-state index contributed by atoms with van der Waals surface area (Å²) in [5.74, 6) is -0.248. The molecule has 2 aromatic rings. The van der Waals surface area contributed by atoms with E-state index in [9.17, 15) is 9.50 Å². The van der Waals surface area contributed by atoms with E-state index in [0.717, 1.165) is 32.6 Å². The Morgan fingerprint density at radius 2 is 2.08 bits per heavy atom. The molecule has 1 fully saturated rings. The first-order valence-electron chi connectivity index (χ1n) is 8.20. The fourth-order valence-electron chi connectivity index (χ4n) is 3.24. The molecule has 1 aliphatic rings. The molecule has 3 rings (SSSR count). The number of thiophene rings is 1. The van der Waals surface area contributed by atoms with Gasteiger partial charge in [0.05, 0.1) is 0 Å². The van der Waals surface area contributed by atoms with E-state index >= 15 is 0 Å². The third-order valence-electron chi connectivity index (χ3n) is 4.53. The summed E-state index contributed by atoms with van der Waals surface area (Å²) in [7, 11) is 0. The van der Waals surface area contributed by atoms with Crippen LogP contribution in [0.25, 0.3) is 0 Å². The van der Waals surface area contributed by atoms with Gasteiger partial charge in [-0.25, -0.2) is 4.39 Å². The van der Waals surface area contributed by atoms with E-state index in [1.165, 1.54) is 10.9 Å². The molecule has 6 heteroatoms. The van der Waals surface area contributed by atoms with Gasteiger partial charge in [-0.05, 0) is 30.0 Å². The number of piperazine rings is 1. The van der Waals surface area contributed by atoms with E-state index in [2.05, 4.69) is 27.3 Å². The number of hydrogen-bond acceptors (Lipinski definition) is 4. The number of aliphatic hydroxyl groups excluding tert-OH is 1. The highest BCUT2D eigenvalue weighted by atomic mass is 35.5. The highest BCUT2D eigenvalue weighted by Gasteiger charge is 2.27. The Labute approximate surface area is 151 Å². The number of hydrogen-bond donors (Lipinski definition) is 1. The van der Waals surface area contributed by atoms with Gasteiger partial charge in [0.15, 0.2) is 0 Å². The highest BCUT2D eigenvalue weighted by molar-refractivity contribution is 7.09. The lowest BCUT2D eigenvalue weighted by Gasteiger charge is -2.41. The Hall–Kier alpha value is -0.980. The van der Waals surface area contributed by atoms with Crippen molar-refractivity contribution in [1.82, 2.24) is 9.80 Å². The van der Waals surface area contributed by atoms with Crippen LogP contribution in [-0.2, 0) is 13.1 Å². The van der Waals surface area contributed by atoms with Crippen molar-refractivity contribution in [2.75, 3.05) is 26.2 Å². The van der Waals surface area contributed by atoms with Gasteiger partial charge in [0.1, 0.15) is 5.82 Å². The Kier molecular flexibility index (Phi) is 6.25. The Bertz CT molecular complexity index is 632. The lowest BCUT2D eigenvalue weighted by atomic mass is 10.1. The van der Waals surface area contributed by atoms with Crippen molar-refractivity contribution in [3.63, 3.8) is 0 Å². The number of aliphatic hydroxyl groups is 1. The van der Waals surface area contributed by atoms with Gasteiger partial charge in [-0.2, -0.15) is 0 Å². The van der Waals surface area contributed by atoms with E-state index in [-0.39, 0.29) is 18.5 Å². The van der Waals surface area contributed by atoms with E-state index in [1.807, 2.05) is 0 Å². The normalized spacial score (nSPS) is 19.7. The predicted molar refractivity (Wildman–Crippen MR) is 96.9 cm³/mol. The van der Waals surface area contributed by atoms with Crippen molar-refractivity contribution in [3.8, 4) is 0 Å². The van der Waals surface area contributed by atoms with Crippen molar-refractivity contribution in [1.29, 1.82) is 0 Å². The maximum atomic E-state index is 14.0. The molecule has 3 nitrogen and oxygen atoms in total. The maximum Gasteiger partial charge on any atom is 0.129 e. The van der Waals surface area contributed by atoms with Gasteiger partial charge >= 0.3 is 0 Å². The molecular weight excluding hydrogens is 347 g/mol. The van der Waals surface area contributed by atoms with Crippen molar-refractivity contribution in [2.24, 2.45) is 0 Å². The van der Waals surface area contributed by atoms with Gasteiger partial charge in [0.2, 0.25) is 0 Å². The van der Waals surface area contributed by atoms with Crippen LogP contribution in [0.2, 0.25) is 5.02 Å². The molecule has 1 aliphatic heterocycles. The quantitative estimate of drug-likeness (QED) is 0.843. The molecule has 0 saturated carbocycles. The first-order valence-corrected chi connectivity index (χ1v) is 9.45. The van der Waals surface area contributed by atoms with Crippen LogP contribution in [0.15, 0.2) is 35.7 Å². The predicted octanol–water partition coefficient (Wildman–Crippen LogP) is 3.61. The largest absolute Gasteiger partial charge is 0.396 e. The molecular formula is C18H22ClFN2OS. The standard InChI is InChI=1S/C18H22ClFN2OS/c19-17-4-1-5-18(20)16(17)13-21-7-8-22(14(11-21)6-9-23)12-15-3-2-10-24-15/h1-5,10,14,23H,6-9,11-13H2/t14-/m0/s1. The van der Waals surface area contributed by atoms with Crippen LogP contribution in [0.4, 0.5) is 4.39 Å². The second-order valence-electron chi connectivity index (χ2n) is 6.15. The van der Waals surface area contributed by atoms with Crippen molar-refractivity contribution in [2.45, 2.75) is 25.6 Å². The Morgan fingerprint density at radius 1 is 1.21 bits per heavy atom. The van der Waals surface area contributed by atoms with Crippen LogP contribution < -0.4 is 0 Å². The zero-order valence-electron chi connectivity index (χ0n) is 13.5. The molecule has 2 heterocycles. The van der Waals surface area contributed by atoms with E-state index in [1.54, 1.807) is 23.5 Å². The summed E-state index contributed by atoms with van der Waals surface area (Å²) in [4.78, 5) is 5.99. The summed E-state index contributed by atoms with van der Waals surface area (Å²) < 4.78 is 14.0. The van der Waals surface area contributed by atoms with Crippen molar-refractivity contribution in [3.05, 3.63) is 57.0 Å². The number of halogens is 2. The third kappa shape index (κ3) is 4.35. The first-order chi connectivity index (χ1) is 11.7. The molecule has 0 aliphatic carbocycles. The van der Waals surface area contributed by atoms with Crippen LogP contribution in [0.5, 0.6) is 0 Å².